The maximum Gasteiger partial charge on any atom is 0.332 e. The van der Waals surface area contributed by atoms with Crippen molar-refractivity contribution in [3.05, 3.63) is 28.3 Å². The maximum absolute atomic E-state index is 12.3. The number of amides is 2. The van der Waals surface area contributed by atoms with Crippen LogP contribution in [0.3, 0.4) is 0 Å². The molecule has 3 rings (SSSR count). The van der Waals surface area contributed by atoms with Crippen LogP contribution in [-0.2, 0) is 40.5 Å². The van der Waals surface area contributed by atoms with E-state index in [0.717, 1.165) is 55.3 Å². The Morgan fingerprint density at radius 1 is 1.08 bits per heavy atom. The number of sulfonamides is 1. The third-order valence-electron chi connectivity index (χ3n) is 5.05. The number of anilines is 1. The Labute approximate surface area is 148 Å². The van der Waals surface area contributed by atoms with Crippen LogP contribution in [0, 0.1) is 0 Å². The van der Waals surface area contributed by atoms with Crippen LogP contribution in [0.25, 0.3) is 0 Å². The van der Waals surface area contributed by atoms with Gasteiger partial charge >= 0.3 is 6.03 Å². The summed E-state index contributed by atoms with van der Waals surface area (Å²) < 4.78 is 26.5. The smallest absolute Gasteiger partial charge is 0.307 e. The molecule has 136 valence electrons. The first-order valence-corrected chi connectivity index (χ1v) is 10.3. The summed E-state index contributed by atoms with van der Waals surface area (Å²) in [5.41, 5.74) is 5.62. The molecule has 1 aromatic carbocycles. The average Bonchev–Trinajstić information content (AvgIpc) is 3.14. The van der Waals surface area contributed by atoms with Crippen LogP contribution in [0.1, 0.15) is 55.4 Å². The fraction of sp³-hybridized carbons (Fsp3) is 0.556. The standard InChI is InChI=1S/C18H24N2O4S/c1-11(21)9-12(2)25(23,24)20-18(22)19-17-15-7-3-5-13(15)10-14-6-4-8-16(14)17/h10,12H,3-9H2,1-2H3,(H2,19,20,22). The molecule has 1 unspecified atom stereocenters. The van der Waals surface area contributed by atoms with E-state index in [1.807, 2.05) is 0 Å². The highest BCUT2D eigenvalue weighted by Crippen LogP contribution is 2.38. The molecule has 0 saturated heterocycles. The number of rotatable bonds is 5. The van der Waals surface area contributed by atoms with Crippen molar-refractivity contribution in [2.45, 2.75) is 64.0 Å². The third kappa shape index (κ3) is 3.71. The van der Waals surface area contributed by atoms with Gasteiger partial charge in [0.05, 0.1) is 5.25 Å². The van der Waals surface area contributed by atoms with Crippen LogP contribution >= 0.6 is 0 Å². The first-order valence-electron chi connectivity index (χ1n) is 8.76. The Kier molecular flexibility index (Phi) is 4.86. The van der Waals surface area contributed by atoms with Crippen molar-refractivity contribution in [1.82, 2.24) is 4.72 Å². The van der Waals surface area contributed by atoms with Gasteiger partial charge < -0.3 is 5.32 Å². The zero-order valence-electron chi connectivity index (χ0n) is 14.6. The van der Waals surface area contributed by atoms with Crippen molar-refractivity contribution >= 4 is 27.5 Å². The highest BCUT2D eigenvalue weighted by molar-refractivity contribution is 7.90. The van der Waals surface area contributed by atoms with Crippen molar-refractivity contribution in [1.29, 1.82) is 0 Å². The fourth-order valence-electron chi connectivity index (χ4n) is 3.85. The lowest BCUT2D eigenvalue weighted by Gasteiger charge is -2.18. The summed E-state index contributed by atoms with van der Waals surface area (Å²) in [7, 11) is -3.89. The Hall–Kier alpha value is -1.89. The molecule has 0 spiro atoms. The first-order chi connectivity index (χ1) is 11.8. The van der Waals surface area contributed by atoms with Crippen molar-refractivity contribution in [3.63, 3.8) is 0 Å². The molecule has 0 aromatic heterocycles. The summed E-state index contributed by atoms with van der Waals surface area (Å²) in [6.07, 6.45) is 5.83. The van der Waals surface area contributed by atoms with Gasteiger partial charge in [0.1, 0.15) is 5.78 Å². The SMILES string of the molecule is CC(=O)CC(C)S(=O)(=O)NC(=O)Nc1c2c(cc3c1CCC3)CCC2. The molecule has 25 heavy (non-hydrogen) atoms. The molecule has 1 aromatic rings. The van der Waals surface area contributed by atoms with E-state index in [9.17, 15) is 18.0 Å². The van der Waals surface area contributed by atoms with E-state index in [1.165, 1.54) is 25.0 Å². The second-order valence-corrected chi connectivity index (χ2v) is 9.15. The monoisotopic (exact) mass is 364 g/mol. The van der Waals surface area contributed by atoms with Crippen LogP contribution in [0.15, 0.2) is 6.07 Å². The lowest BCUT2D eigenvalue weighted by Crippen LogP contribution is -2.40. The number of benzene rings is 1. The van der Waals surface area contributed by atoms with Crippen LogP contribution in [0.2, 0.25) is 0 Å². The molecule has 0 saturated carbocycles. The third-order valence-corrected chi connectivity index (χ3v) is 6.75. The molecule has 0 radical (unpaired) electrons. The molecule has 2 N–H and O–H groups in total. The van der Waals surface area contributed by atoms with Crippen LogP contribution < -0.4 is 10.0 Å². The van der Waals surface area contributed by atoms with E-state index >= 15 is 0 Å². The number of Topliss-reactive ketones (excluding diaryl/α,β-unsaturated/α-hetero) is 1. The summed E-state index contributed by atoms with van der Waals surface area (Å²) in [5, 5.41) is 1.85. The number of carbonyl (C=O) groups excluding carboxylic acids is 2. The topological polar surface area (TPSA) is 92.3 Å². The van der Waals surface area contributed by atoms with Gasteiger partial charge in [0.15, 0.2) is 0 Å². The van der Waals surface area contributed by atoms with Crippen molar-refractivity contribution in [3.8, 4) is 0 Å². The number of hydrogen-bond donors (Lipinski definition) is 2. The molecule has 0 aliphatic heterocycles. The van der Waals surface area contributed by atoms with Gasteiger partial charge in [-0.15, -0.1) is 0 Å². The normalized spacial score (nSPS) is 16.9. The molecule has 6 nitrogen and oxygen atoms in total. The molecule has 0 fully saturated rings. The number of aryl methyl sites for hydroxylation is 2. The summed E-state index contributed by atoms with van der Waals surface area (Å²) in [4.78, 5) is 23.5. The summed E-state index contributed by atoms with van der Waals surface area (Å²) in [6, 6.07) is 1.50. The average molecular weight is 364 g/mol. The van der Waals surface area contributed by atoms with Crippen molar-refractivity contribution in [2.75, 3.05) is 5.32 Å². The fourth-order valence-corrected chi connectivity index (χ4v) is 4.82. The zero-order chi connectivity index (χ0) is 18.2. The number of ketones is 1. The molecular weight excluding hydrogens is 340 g/mol. The lowest BCUT2D eigenvalue weighted by molar-refractivity contribution is -0.116. The second-order valence-electron chi connectivity index (χ2n) is 7.05. The molecule has 1 atom stereocenters. The molecule has 2 aliphatic rings. The minimum absolute atomic E-state index is 0.112. The van der Waals surface area contributed by atoms with E-state index in [-0.39, 0.29) is 12.2 Å². The van der Waals surface area contributed by atoms with Crippen LogP contribution in [0.5, 0.6) is 0 Å². The summed E-state index contributed by atoms with van der Waals surface area (Å²) >= 11 is 0. The number of hydrogen-bond acceptors (Lipinski definition) is 4. The largest absolute Gasteiger partial charge is 0.332 e. The first kappa shape index (κ1) is 17.9. The predicted octanol–water partition coefficient (Wildman–Crippen LogP) is 2.48. The van der Waals surface area contributed by atoms with Gasteiger partial charge in [-0.25, -0.2) is 17.9 Å². The predicted molar refractivity (Wildman–Crippen MR) is 96.3 cm³/mol. The van der Waals surface area contributed by atoms with E-state index in [2.05, 4.69) is 16.1 Å². The molecular formula is C18H24N2O4S. The highest BCUT2D eigenvalue weighted by Gasteiger charge is 2.28. The molecule has 0 bridgehead atoms. The molecule has 2 aliphatic carbocycles. The van der Waals surface area contributed by atoms with Gasteiger partial charge in [-0.1, -0.05) is 6.07 Å². The maximum atomic E-state index is 12.3. The van der Waals surface area contributed by atoms with Gasteiger partial charge in [0, 0.05) is 12.1 Å². The lowest BCUT2D eigenvalue weighted by atomic mass is 9.99. The van der Waals surface area contributed by atoms with E-state index < -0.39 is 21.3 Å². The Bertz CT molecular complexity index is 798. The Morgan fingerprint density at radius 3 is 2.16 bits per heavy atom. The molecule has 2 amide bonds. The van der Waals surface area contributed by atoms with Gasteiger partial charge in [-0.2, -0.15) is 0 Å². The van der Waals surface area contributed by atoms with E-state index in [0.29, 0.717) is 0 Å². The minimum atomic E-state index is -3.89. The highest BCUT2D eigenvalue weighted by atomic mass is 32.2. The Balaban J connectivity index is 1.79. The number of urea groups is 1. The van der Waals surface area contributed by atoms with Crippen LogP contribution in [-0.4, -0.2) is 25.5 Å². The van der Waals surface area contributed by atoms with Gasteiger partial charge in [-0.3, -0.25) is 4.79 Å². The van der Waals surface area contributed by atoms with Gasteiger partial charge in [-0.05, 0) is 74.6 Å². The summed E-state index contributed by atoms with van der Waals surface area (Å²) in [5.74, 6) is -0.225. The quantitative estimate of drug-likeness (QED) is 0.839. The van der Waals surface area contributed by atoms with Crippen molar-refractivity contribution in [2.24, 2.45) is 0 Å². The minimum Gasteiger partial charge on any atom is -0.307 e. The Morgan fingerprint density at radius 2 is 1.64 bits per heavy atom. The van der Waals surface area contributed by atoms with Crippen LogP contribution in [0.4, 0.5) is 10.5 Å². The van der Waals surface area contributed by atoms with Gasteiger partial charge in [0.25, 0.3) is 0 Å². The second kappa shape index (κ2) is 6.78. The van der Waals surface area contributed by atoms with E-state index in [1.54, 1.807) is 0 Å². The number of fused-ring (bicyclic) bond motifs is 2. The molecule has 0 heterocycles. The number of nitrogens with one attached hydrogen (secondary N) is 2. The zero-order valence-corrected chi connectivity index (χ0v) is 15.5. The van der Waals surface area contributed by atoms with Crippen molar-refractivity contribution < 1.29 is 18.0 Å². The molecule has 7 heteroatoms. The van der Waals surface area contributed by atoms with Gasteiger partial charge in [0.2, 0.25) is 10.0 Å². The number of carbonyl (C=O) groups is 2. The van der Waals surface area contributed by atoms with E-state index in [4.69, 9.17) is 0 Å². The summed E-state index contributed by atoms with van der Waals surface area (Å²) in [6.45, 7) is 2.76.